The molecule has 3 heteroatoms. The lowest BCUT2D eigenvalue weighted by molar-refractivity contribution is -0.107. The molecule has 2 rings (SSSR count). The Morgan fingerprint density at radius 2 is 2.00 bits per heavy atom. The third-order valence-electron chi connectivity index (χ3n) is 2.99. The molecule has 0 N–H and O–H groups in total. The van der Waals surface area contributed by atoms with E-state index >= 15 is 0 Å². The Morgan fingerprint density at radius 3 is 2.65 bits per heavy atom. The summed E-state index contributed by atoms with van der Waals surface area (Å²) in [4.78, 5) is 15.1. The summed E-state index contributed by atoms with van der Waals surface area (Å²) in [5, 5.41) is 0. The molecule has 0 aliphatic carbocycles. The number of carbonyl (C=O) groups is 1. The molecule has 1 heterocycles. The fourth-order valence-electron chi connectivity index (χ4n) is 2.03. The van der Waals surface area contributed by atoms with E-state index in [1.54, 1.807) is 0 Å². The molecule has 1 aromatic heterocycles. The highest BCUT2D eigenvalue weighted by atomic mass is 16.1. The summed E-state index contributed by atoms with van der Waals surface area (Å²) in [7, 11) is 1.97. The van der Waals surface area contributed by atoms with Crippen LogP contribution >= 0.6 is 0 Å². The molecule has 17 heavy (non-hydrogen) atoms. The van der Waals surface area contributed by atoms with Crippen molar-refractivity contribution < 1.29 is 4.79 Å². The zero-order valence-corrected chi connectivity index (χ0v) is 10.2. The van der Waals surface area contributed by atoms with Crippen LogP contribution in [0.1, 0.15) is 22.8 Å². The largest absolute Gasteiger partial charge is 0.334 e. The molecule has 0 unspecified atom stereocenters. The van der Waals surface area contributed by atoms with Crippen molar-refractivity contribution in [3.05, 3.63) is 53.1 Å². The van der Waals surface area contributed by atoms with E-state index in [0.717, 1.165) is 29.9 Å². The topological polar surface area (TPSA) is 34.9 Å². The third-order valence-corrected chi connectivity index (χ3v) is 2.99. The maximum absolute atomic E-state index is 10.6. The molecule has 0 radical (unpaired) electrons. The van der Waals surface area contributed by atoms with Gasteiger partial charge in [0.2, 0.25) is 0 Å². The summed E-state index contributed by atoms with van der Waals surface area (Å²) in [6, 6.07) is 10.2. The highest BCUT2D eigenvalue weighted by Gasteiger charge is 2.10. The van der Waals surface area contributed by atoms with Crippen molar-refractivity contribution in [2.45, 2.75) is 19.8 Å². The molecule has 0 amide bonds. The molecule has 1 aromatic carbocycles. The molecule has 0 fully saturated rings. The zero-order valence-electron chi connectivity index (χ0n) is 10.2. The van der Waals surface area contributed by atoms with Crippen molar-refractivity contribution in [1.29, 1.82) is 0 Å². The van der Waals surface area contributed by atoms with Gasteiger partial charge >= 0.3 is 0 Å². The summed E-state index contributed by atoms with van der Waals surface area (Å²) >= 11 is 0. The van der Waals surface area contributed by atoms with Crippen LogP contribution in [0.4, 0.5) is 0 Å². The van der Waals surface area contributed by atoms with E-state index in [0.29, 0.717) is 6.42 Å². The van der Waals surface area contributed by atoms with E-state index in [4.69, 9.17) is 0 Å². The number of imidazole rings is 1. The van der Waals surface area contributed by atoms with E-state index in [-0.39, 0.29) is 0 Å². The van der Waals surface area contributed by atoms with Crippen LogP contribution in [0.2, 0.25) is 0 Å². The van der Waals surface area contributed by atoms with Gasteiger partial charge in [-0.2, -0.15) is 0 Å². The highest BCUT2D eigenvalue weighted by molar-refractivity contribution is 5.54. The Labute approximate surface area is 101 Å². The SMILES string of the molecule is Cc1nc(Cc2ccccc2)n(C)c1CC=O. The molecule has 0 spiro atoms. The van der Waals surface area contributed by atoms with Gasteiger partial charge in [0.15, 0.2) is 0 Å². The first-order valence-electron chi connectivity index (χ1n) is 5.71. The molecular weight excluding hydrogens is 212 g/mol. The van der Waals surface area contributed by atoms with Crippen LogP contribution in [-0.2, 0) is 24.7 Å². The second kappa shape index (κ2) is 4.95. The Kier molecular flexibility index (Phi) is 3.38. The van der Waals surface area contributed by atoms with Gasteiger partial charge in [-0.1, -0.05) is 30.3 Å². The van der Waals surface area contributed by atoms with Crippen LogP contribution in [-0.4, -0.2) is 15.8 Å². The normalized spacial score (nSPS) is 10.5. The van der Waals surface area contributed by atoms with Gasteiger partial charge in [-0.05, 0) is 12.5 Å². The number of aldehydes is 1. The van der Waals surface area contributed by atoms with Crippen LogP contribution in [0.3, 0.4) is 0 Å². The van der Waals surface area contributed by atoms with Crippen molar-refractivity contribution in [3.8, 4) is 0 Å². The predicted molar refractivity (Wildman–Crippen MR) is 67.0 cm³/mol. The van der Waals surface area contributed by atoms with E-state index in [1.165, 1.54) is 5.56 Å². The van der Waals surface area contributed by atoms with Crippen molar-refractivity contribution in [2.75, 3.05) is 0 Å². The monoisotopic (exact) mass is 228 g/mol. The predicted octanol–water partition coefficient (Wildman–Crippen LogP) is 2.06. The number of aromatic nitrogens is 2. The Hall–Kier alpha value is -1.90. The lowest BCUT2D eigenvalue weighted by Crippen LogP contribution is -2.03. The van der Waals surface area contributed by atoms with Crippen LogP contribution < -0.4 is 0 Å². The summed E-state index contributed by atoms with van der Waals surface area (Å²) < 4.78 is 2.02. The maximum atomic E-state index is 10.6. The molecule has 0 bridgehead atoms. The average Bonchev–Trinajstić information content (AvgIpc) is 2.59. The van der Waals surface area contributed by atoms with Gasteiger partial charge in [0, 0.05) is 25.6 Å². The average molecular weight is 228 g/mol. The molecule has 2 aromatic rings. The van der Waals surface area contributed by atoms with E-state index in [2.05, 4.69) is 17.1 Å². The molecule has 0 aliphatic rings. The van der Waals surface area contributed by atoms with Crippen molar-refractivity contribution in [3.63, 3.8) is 0 Å². The minimum atomic E-state index is 0.435. The fraction of sp³-hybridized carbons (Fsp3) is 0.286. The molecule has 88 valence electrons. The minimum absolute atomic E-state index is 0.435. The first-order chi connectivity index (χ1) is 8.22. The zero-order chi connectivity index (χ0) is 12.3. The Morgan fingerprint density at radius 1 is 1.29 bits per heavy atom. The van der Waals surface area contributed by atoms with Gasteiger partial charge in [-0.3, -0.25) is 0 Å². The van der Waals surface area contributed by atoms with Crippen LogP contribution in [0.15, 0.2) is 30.3 Å². The Bertz CT molecular complexity index is 515. The summed E-state index contributed by atoms with van der Waals surface area (Å²) in [6.45, 7) is 1.95. The number of aryl methyl sites for hydroxylation is 1. The number of nitrogens with zero attached hydrogens (tertiary/aromatic N) is 2. The van der Waals surface area contributed by atoms with Gasteiger partial charge < -0.3 is 9.36 Å². The molecule has 0 atom stereocenters. The molecular formula is C14H16N2O. The maximum Gasteiger partial charge on any atom is 0.125 e. The summed E-state index contributed by atoms with van der Waals surface area (Å²) in [5.74, 6) is 1.01. The lowest BCUT2D eigenvalue weighted by Gasteiger charge is -2.04. The quantitative estimate of drug-likeness (QED) is 0.751. The molecule has 0 aliphatic heterocycles. The van der Waals surface area contributed by atoms with Gasteiger partial charge in [0.25, 0.3) is 0 Å². The summed E-state index contributed by atoms with van der Waals surface area (Å²) in [5.41, 5.74) is 3.19. The number of hydrogen-bond donors (Lipinski definition) is 0. The van der Waals surface area contributed by atoms with Crippen molar-refractivity contribution in [1.82, 2.24) is 9.55 Å². The molecule has 0 saturated carbocycles. The van der Waals surface area contributed by atoms with Crippen LogP contribution in [0.25, 0.3) is 0 Å². The lowest BCUT2D eigenvalue weighted by atomic mass is 10.1. The third kappa shape index (κ3) is 2.44. The second-order valence-corrected chi connectivity index (χ2v) is 4.15. The van der Waals surface area contributed by atoms with Gasteiger partial charge in [-0.15, -0.1) is 0 Å². The van der Waals surface area contributed by atoms with E-state index in [1.807, 2.05) is 36.7 Å². The van der Waals surface area contributed by atoms with E-state index in [9.17, 15) is 4.79 Å². The minimum Gasteiger partial charge on any atom is -0.334 e. The number of rotatable bonds is 4. The van der Waals surface area contributed by atoms with Gasteiger partial charge in [0.05, 0.1) is 5.69 Å². The number of hydrogen-bond acceptors (Lipinski definition) is 2. The number of carbonyl (C=O) groups excluding carboxylic acids is 1. The smallest absolute Gasteiger partial charge is 0.125 e. The van der Waals surface area contributed by atoms with Crippen LogP contribution in [0.5, 0.6) is 0 Å². The first-order valence-corrected chi connectivity index (χ1v) is 5.71. The first kappa shape index (κ1) is 11.6. The van der Waals surface area contributed by atoms with Crippen LogP contribution in [0, 0.1) is 6.92 Å². The van der Waals surface area contributed by atoms with Crippen molar-refractivity contribution >= 4 is 6.29 Å². The molecule has 0 saturated heterocycles. The highest BCUT2D eigenvalue weighted by Crippen LogP contribution is 2.13. The second-order valence-electron chi connectivity index (χ2n) is 4.15. The van der Waals surface area contributed by atoms with E-state index < -0.39 is 0 Å². The van der Waals surface area contributed by atoms with Gasteiger partial charge in [-0.25, -0.2) is 4.98 Å². The molecule has 3 nitrogen and oxygen atoms in total. The van der Waals surface area contributed by atoms with Crippen molar-refractivity contribution in [2.24, 2.45) is 7.05 Å². The Balaban J connectivity index is 2.28. The standard InChI is InChI=1S/C14H16N2O/c1-11-13(8-9-17)16(2)14(15-11)10-12-6-4-3-5-7-12/h3-7,9H,8,10H2,1-2H3. The van der Waals surface area contributed by atoms with Gasteiger partial charge in [0.1, 0.15) is 12.1 Å². The fourth-order valence-corrected chi connectivity index (χ4v) is 2.03. The summed E-state index contributed by atoms with van der Waals surface area (Å²) in [6.07, 6.45) is 2.16. The number of benzene rings is 1.